The van der Waals surface area contributed by atoms with Gasteiger partial charge < -0.3 is 15.5 Å². The first-order valence-electron chi connectivity index (χ1n) is 9.80. The van der Waals surface area contributed by atoms with Crippen LogP contribution in [-0.2, 0) is 16.6 Å². The van der Waals surface area contributed by atoms with E-state index in [4.69, 9.17) is 0 Å². The molecular weight excluding hydrogens is 366 g/mol. The summed E-state index contributed by atoms with van der Waals surface area (Å²) in [6, 6.07) is -0.170. The lowest BCUT2D eigenvalue weighted by atomic mass is 10.0. The van der Waals surface area contributed by atoms with Gasteiger partial charge in [0.25, 0.3) is 0 Å². The zero-order chi connectivity index (χ0) is 18.5. The number of likely N-dealkylation sites (N-methyl/N-ethyl adjacent to an activating group) is 1. The van der Waals surface area contributed by atoms with E-state index in [1.807, 2.05) is 18.1 Å². The maximum atomic E-state index is 12.8. The van der Waals surface area contributed by atoms with Gasteiger partial charge in [0.05, 0.1) is 6.20 Å². The second-order valence-corrected chi connectivity index (χ2v) is 7.69. The highest BCUT2D eigenvalue weighted by molar-refractivity contribution is 5.85. The van der Waals surface area contributed by atoms with Gasteiger partial charge >= 0.3 is 0 Å². The Labute approximate surface area is 167 Å². The van der Waals surface area contributed by atoms with Crippen molar-refractivity contribution >= 4 is 24.2 Å². The van der Waals surface area contributed by atoms with Crippen LogP contribution < -0.4 is 10.6 Å². The number of piperidine rings is 1. The Kier molecular flexibility index (Phi) is 8.10. The van der Waals surface area contributed by atoms with Gasteiger partial charge in [-0.15, -0.1) is 12.4 Å². The molecule has 152 valence electrons. The molecule has 8 heteroatoms. The van der Waals surface area contributed by atoms with E-state index < -0.39 is 0 Å². The third kappa shape index (κ3) is 5.69. The highest BCUT2D eigenvalue weighted by Gasteiger charge is 2.30. The van der Waals surface area contributed by atoms with Crippen LogP contribution in [0, 0.1) is 5.92 Å². The third-order valence-corrected chi connectivity index (χ3v) is 5.71. The van der Waals surface area contributed by atoms with Crippen molar-refractivity contribution in [3.05, 3.63) is 18.0 Å². The average molecular weight is 398 g/mol. The number of amides is 2. The SMILES string of the molecule is CNC(C(=O)N1CCC(NC(=O)CC2CCCC2)CC1)c1cnn(C)c1.Cl. The van der Waals surface area contributed by atoms with Crippen molar-refractivity contribution in [2.45, 2.75) is 57.0 Å². The molecule has 3 rings (SSSR count). The molecule has 1 saturated heterocycles. The van der Waals surface area contributed by atoms with Crippen LogP contribution in [-0.4, -0.2) is 52.7 Å². The maximum absolute atomic E-state index is 12.8. The molecule has 0 bridgehead atoms. The van der Waals surface area contributed by atoms with Crippen LogP contribution in [0.5, 0.6) is 0 Å². The van der Waals surface area contributed by atoms with E-state index in [1.54, 1.807) is 17.9 Å². The minimum absolute atomic E-state index is 0. The molecule has 1 aromatic rings. The molecule has 2 aliphatic rings. The largest absolute Gasteiger partial charge is 0.353 e. The molecule has 0 spiro atoms. The van der Waals surface area contributed by atoms with E-state index in [2.05, 4.69) is 15.7 Å². The number of hydrogen-bond donors (Lipinski definition) is 2. The monoisotopic (exact) mass is 397 g/mol. The number of carbonyl (C=O) groups excluding carboxylic acids is 2. The second kappa shape index (κ2) is 10.1. The second-order valence-electron chi connectivity index (χ2n) is 7.69. The van der Waals surface area contributed by atoms with E-state index in [1.165, 1.54) is 25.7 Å². The van der Waals surface area contributed by atoms with Crippen molar-refractivity contribution < 1.29 is 9.59 Å². The Balaban J connectivity index is 0.00000261. The van der Waals surface area contributed by atoms with E-state index in [-0.39, 0.29) is 36.3 Å². The zero-order valence-electron chi connectivity index (χ0n) is 16.3. The number of hydrogen-bond acceptors (Lipinski definition) is 4. The molecule has 1 atom stereocenters. The Morgan fingerprint density at radius 2 is 1.89 bits per heavy atom. The lowest BCUT2D eigenvalue weighted by Gasteiger charge is -2.34. The smallest absolute Gasteiger partial charge is 0.244 e. The summed E-state index contributed by atoms with van der Waals surface area (Å²) in [6.45, 7) is 1.37. The first-order valence-corrected chi connectivity index (χ1v) is 9.80. The number of likely N-dealkylation sites (tertiary alicyclic amines) is 1. The van der Waals surface area contributed by atoms with Gasteiger partial charge in [0, 0.05) is 44.4 Å². The predicted octanol–water partition coefficient (Wildman–Crippen LogP) is 1.79. The quantitative estimate of drug-likeness (QED) is 0.767. The van der Waals surface area contributed by atoms with E-state index in [0.717, 1.165) is 18.4 Å². The van der Waals surface area contributed by atoms with Crippen LogP contribution in [0.1, 0.15) is 56.6 Å². The fourth-order valence-electron chi connectivity index (χ4n) is 4.21. The fourth-order valence-corrected chi connectivity index (χ4v) is 4.21. The summed E-state index contributed by atoms with van der Waals surface area (Å²) < 4.78 is 1.71. The summed E-state index contributed by atoms with van der Waals surface area (Å²) >= 11 is 0. The van der Waals surface area contributed by atoms with Gasteiger partial charge in [-0.1, -0.05) is 12.8 Å². The number of carbonyl (C=O) groups is 2. The van der Waals surface area contributed by atoms with Gasteiger partial charge in [-0.3, -0.25) is 14.3 Å². The third-order valence-electron chi connectivity index (χ3n) is 5.71. The molecule has 27 heavy (non-hydrogen) atoms. The van der Waals surface area contributed by atoms with Gasteiger partial charge in [0.15, 0.2) is 0 Å². The molecule has 2 N–H and O–H groups in total. The molecule has 0 radical (unpaired) electrons. The number of halogens is 1. The highest BCUT2D eigenvalue weighted by atomic mass is 35.5. The number of rotatable bonds is 6. The molecule has 1 unspecified atom stereocenters. The van der Waals surface area contributed by atoms with Gasteiger partial charge in [0.1, 0.15) is 6.04 Å². The van der Waals surface area contributed by atoms with Crippen molar-refractivity contribution in [3.63, 3.8) is 0 Å². The maximum Gasteiger partial charge on any atom is 0.244 e. The molecule has 0 aromatic carbocycles. The van der Waals surface area contributed by atoms with Crippen molar-refractivity contribution in [2.75, 3.05) is 20.1 Å². The summed E-state index contributed by atoms with van der Waals surface area (Å²) in [4.78, 5) is 26.9. The molecule has 2 heterocycles. The normalized spacial score (nSPS) is 19.6. The molecule has 1 aliphatic carbocycles. The lowest BCUT2D eigenvalue weighted by Crippen LogP contribution is -2.49. The predicted molar refractivity (Wildman–Crippen MR) is 107 cm³/mol. The van der Waals surface area contributed by atoms with Gasteiger partial charge in [-0.05, 0) is 38.6 Å². The van der Waals surface area contributed by atoms with Gasteiger partial charge in [-0.2, -0.15) is 5.10 Å². The van der Waals surface area contributed by atoms with Crippen LogP contribution in [0.4, 0.5) is 0 Å². The van der Waals surface area contributed by atoms with E-state index in [0.29, 0.717) is 25.4 Å². The van der Waals surface area contributed by atoms with Crippen molar-refractivity contribution in [2.24, 2.45) is 13.0 Å². The average Bonchev–Trinajstić information content (AvgIpc) is 3.28. The van der Waals surface area contributed by atoms with E-state index in [9.17, 15) is 9.59 Å². The fraction of sp³-hybridized carbons (Fsp3) is 0.737. The van der Waals surface area contributed by atoms with Crippen LogP contribution in [0.2, 0.25) is 0 Å². The summed E-state index contributed by atoms with van der Waals surface area (Å²) in [6.07, 6.45) is 10.8. The molecule has 2 amide bonds. The van der Waals surface area contributed by atoms with Crippen LogP contribution >= 0.6 is 12.4 Å². The molecule has 1 aromatic heterocycles. The number of aromatic nitrogens is 2. The van der Waals surface area contributed by atoms with Crippen LogP contribution in [0.15, 0.2) is 12.4 Å². The summed E-state index contributed by atoms with van der Waals surface area (Å²) in [5.74, 6) is 0.842. The Morgan fingerprint density at radius 1 is 1.22 bits per heavy atom. The van der Waals surface area contributed by atoms with Crippen molar-refractivity contribution in [1.29, 1.82) is 0 Å². The van der Waals surface area contributed by atoms with Crippen LogP contribution in [0.25, 0.3) is 0 Å². The topological polar surface area (TPSA) is 79.3 Å². The zero-order valence-corrected chi connectivity index (χ0v) is 17.1. The first-order chi connectivity index (χ1) is 12.6. The lowest BCUT2D eigenvalue weighted by molar-refractivity contribution is -0.134. The Bertz CT molecular complexity index is 621. The van der Waals surface area contributed by atoms with E-state index >= 15 is 0 Å². The number of nitrogens with zero attached hydrogens (tertiary/aromatic N) is 3. The van der Waals surface area contributed by atoms with Crippen LogP contribution in [0.3, 0.4) is 0 Å². The highest BCUT2D eigenvalue weighted by Crippen LogP contribution is 2.27. The standard InChI is InChI=1S/C19H31N5O2.ClH/c1-20-18(15-12-21-23(2)13-15)19(26)24-9-7-16(8-10-24)22-17(25)11-14-5-3-4-6-14;/h12-14,16,18,20H,3-11H2,1-2H3,(H,22,25);1H. The van der Waals surface area contributed by atoms with Crippen molar-refractivity contribution in [1.82, 2.24) is 25.3 Å². The Hall–Kier alpha value is -1.60. The Morgan fingerprint density at radius 3 is 2.44 bits per heavy atom. The molecular formula is C19H32ClN5O2. The molecule has 1 aliphatic heterocycles. The minimum atomic E-state index is -0.364. The summed E-state index contributed by atoms with van der Waals surface area (Å²) in [7, 11) is 3.64. The summed E-state index contributed by atoms with van der Waals surface area (Å²) in [5.41, 5.74) is 0.881. The van der Waals surface area contributed by atoms with Gasteiger partial charge in [-0.25, -0.2) is 0 Å². The number of nitrogens with one attached hydrogen (secondary N) is 2. The summed E-state index contributed by atoms with van der Waals surface area (Å²) in [5, 5.41) is 10.4. The van der Waals surface area contributed by atoms with Crippen molar-refractivity contribution in [3.8, 4) is 0 Å². The molecule has 2 fully saturated rings. The van der Waals surface area contributed by atoms with Gasteiger partial charge in [0.2, 0.25) is 11.8 Å². The number of aryl methyl sites for hydroxylation is 1. The minimum Gasteiger partial charge on any atom is -0.353 e. The molecule has 7 nitrogen and oxygen atoms in total. The molecule has 1 saturated carbocycles. The first kappa shape index (κ1) is 21.7.